The van der Waals surface area contributed by atoms with Crippen molar-refractivity contribution < 1.29 is 41.4 Å². The van der Waals surface area contributed by atoms with Crippen LogP contribution >= 0.6 is 0 Å². The minimum atomic E-state index is -4.77. The van der Waals surface area contributed by atoms with Crippen molar-refractivity contribution in [3.63, 3.8) is 0 Å². The number of likely N-dealkylation sites (tertiary alicyclic amines) is 1. The quantitative estimate of drug-likeness (QED) is 0.768. The highest BCUT2D eigenvalue weighted by Crippen LogP contribution is 2.38. The highest BCUT2D eigenvalue weighted by Gasteiger charge is 2.53. The molecule has 0 spiro atoms. The van der Waals surface area contributed by atoms with Gasteiger partial charge in [0.05, 0.1) is 17.5 Å². The number of aliphatic carboxylic acids is 1. The highest BCUT2D eigenvalue weighted by molar-refractivity contribution is 5.91. The number of para-hydroxylation sites is 2. The lowest BCUT2D eigenvalue weighted by molar-refractivity contribution is -0.187. The molecule has 1 aromatic rings. The number of nitrogens with zero attached hydrogens (tertiary/aromatic N) is 1. The standard InChI is InChI=1S/C15H15F5N2O4/c16-12(17)7-26-11-4-2-1-3-10(11)21-14(25)22-5-8(13(23)24)9(6-22)15(18,19)20/h1-4,8-9,12H,5-7H2,(H,21,25)(H,23,24)/t8-,9-/m1/s1. The molecular weight excluding hydrogens is 367 g/mol. The third kappa shape index (κ3) is 4.73. The van der Waals surface area contributed by atoms with E-state index in [4.69, 9.17) is 9.84 Å². The van der Waals surface area contributed by atoms with Gasteiger partial charge in [0.2, 0.25) is 0 Å². The Morgan fingerprint density at radius 1 is 1.27 bits per heavy atom. The number of carboxylic acid groups (broad SMARTS) is 1. The molecule has 0 bridgehead atoms. The van der Waals surface area contributed by atoms with Crippen molar-refractivity contribution in [1.82, 2.24) is 4.90 Å². The van der Waals surface area contributed by atoms with E-state index in [0.29, 0.717) is 0 Å². The molecule has 6 nitrogen and oxygen atoms in total. The van der Waals surface area contributed by atoms with Gasteiger partial charge in [0.15, 0.2) is 0 Å². The van der Waals surface area contributed by atoms with Gasteiger partial charge in [-0.15, -0.1) is 0 Å². The first-order valence-electron chi connectivity index (χ1n) is 7.45. The van der Waals surface area contributed by atoms with Gasteiger partial charge in [-0.3, -0.25) is 4.79 Å². The van der Waals surface area contributed by atoms with E-state index in [-0.39, 0.29) is 11.4 Å². The van der Waals surface area contributed by atoms with E-state index in [2.05, 4.69) is 5.32 Å². The molecule has 1 aliphatic rings. The molecule has 0 aliphatic carbocycles. The molecule has 26 heavy (non-hydrogen) atoms. The topological polar surface area (TPSA) is 78.9 Å². The van der Waals surface area contributed by atoms with Crippen LogP contribution in [0.4, 0.5) is 32.4 Å². The molecule has 0 unspecified atom stereocenters. The summed E-state index contributed by atoms with van der Waals surface area (Å²) in [5.41, 5.74) is -0.0134. The normalized spacial score (nSPS) is 20.3. The maximum Gasteiger partial charge on any atom is 0.394 e. The number of hydrogen-bond donors (Lipinski definition) is 2. The Morgan fingerprint density at radius 2 is 1.92 bits per heavy atom. The van der Waals surface area contributed by atoms with Crippen LogP contribution in [-0.4, -0.2) is 54.3 Å². The molecule has 0 saturated carbocycles. The van der Waals surface area contributed by atoms with Gasteiger partial charge in [-0.25, -0.2) is 13.6 Å². The van der Waals surface area contributed by atoms with Gasteiger partial charge in [0.25, 0.3) is 6.43 Å². The molecule has 1 aromatic carbocycles. The van der Waals surface area contributed by atoms with Gasteiger partial charge >= 0.3 is 18.2 Å². The number of halogens is 5. The fourth-order valence-electron chi connectivity index (χ4n) is 2.59. The largest absolute Gasteiger partial charge is 0.485 e. The van der Waals surface area contributed by atoms with Gasteiger partial charge < -0.3 is 20.1 Å². The fraction of sp³-hybridized carbons (Fsp3) is 0.467. The number of hydrogen-bond acceptors (Lipinski definition) is 3. The number of anilines is 1. The molecular formula is C15H15F5N2O4. The summed E-state index contributed by atoms with van der Waals surface area (Å²) in [7, 11) is 0. The predicted molar refractivity (Wildman–Crippen MR) is 79.2 cm³/mol. The first-order valence-corrected chi connectivity index (χ1v) is 7.45. The Kier molecular flexibility index (Phi) is 5.88. The van der Waals surface area contributed by atoms with Crippen LogP contribution in [0.15, 0.2) is 24.3 Å². The van der Waals surface area contributed by atoms with Crippen molar-refractivity contribution in [2.24, 2.45) is 11.8 Å². The molecule has 1 fully saturated rings. The van der Waals surface area contributed by atoms with Crippen molar-refractivity contribution in [1.29, 1.82) is 0 Å². The number of ether oxygens (including phenoxy) is 1. The first kappa shape index (κ1) is 19.7. The van der Waals surface area contributed by atoms with Crippen molar-refractivity contribution in [3.05, 3.63) is 24.3 Å². The summed E-state index contributed by atoms with van der Waals surface area (Å²) in [6.45, 7) is -2.36. The summed E-state index contributed by atoms with van der Waals surface area (Å²) >= 11 is 0. The highest BCUT2D eigenvalue weighted by atomic mass is 19.4. The number of benzene rings is 1. The lowest BCUT2D eigenvalue weighted by atomic mass is 9.96. The van der Waals surface area contributed by atoms with Crippen LogP contribution < -0.4 is 10.1 Å². The summed E-state index contributed by atoms with van der Waals surface area (Å²) in [5, 5.41) is 11.2. The Morgan fingerprint density at radius 3 is 2.46 bits per heavy atom. The second kappa shape index (κ2) is 7.75. The Labute approximate surface area is 144 Å². The SMILES string of the molecule is O=C(O)[C@@H]1CN(C(=O)Nc2ccccc2OCC(F)F)C[C@H]1C(F)(F)F. The van der Waals surface area contributed by atoms with Gasteiger partial charge in [-0.05, 0) is 12.1 Å². The Balaban J connectivity index is 2.10. The van der Waals surface area contributed by atoms with Gasteiger partial charge in [-0.1, -0.05) is 12.1 Å². The molecule has 11 heteroatoms. The van der Waals surface area contributed by atoms with Crippen LogP contribution in [0.25, 0.3) is 0 Å². The van der Waals surface area contributed by atoms with Gasteiger partial charge in [0.1, 0.15) is 12.4 Å². The molecule has 1 aliphatic heterocycles. The van der Waals surface area contributed by atoms with E-state index in [0.717, 1.165) is 4.90 Å². The van der Waals surface area contributed by atoms with Crippen LogP contribution in [0, 0.1) is 11.8 Å². The number of rotatable bonds is 5. The minimum Gasteiger partial charge on any atom is -0.485 e. The van der Waals surface area contributed by atoms with Crippen molar-refractivity contribution in [2.45, 2.75) is 12.6 Å². The van der Waals surface area contributed by atoms with Crippen LogP contribution in [0.5, 0.6) is 5.75 Å². The number of carbonyl (C=O) groups excluding carboxylic acids is 1. The maximum atomic E-state index is 13.0. The van der Waals surface area contributed by atoms with E-state index in [1.54, 1.807) is 0 Å². The van der Waals surface area contributed by atoms with E-state index < -0.39 is 56.1 Å². The second-order valence-electron chi connectivity index (χ2n) is 5.63. The summed E-state index contributed by atoms with van der Waals surface area (Å²) in [4.78, 5) is 24.0. The number of urea groups is 1. The molecule has 2 atom stereocenters. The van der Waals surface area contributed by atoms with Crippen molar-refractivity contribution in [3.8, 4) is 5.75 Å². The zero-order valence-electron chi connectivity index (χ0n) is 13.2. The monoisotopic (exact) mass is 382 g/mol. The molecule has 0 radical (unpaired) electrons. The minimum absolute atomic E-state index is 0.0134. The molecule has 1 heterocycles. The van der Waals surface area contributed by atoms with E-state index in [1.165, 1.54) is 24.3 Å². The second-order valence-corrected chi connectivity index (χ2v) is 5.63. The maximum absolute atomic E-state index is 13.0. The molecule has 144 valence electrons. The predicted octanol–water partition coefficient (Wildman–Crippen LogP) is 3.06. The summed E-state index contributed by atoms with van der Waals surface area (Å²) in [6.07, 6.45) is -7.52. The molecule has 0 aromatic heterocycles. The van der Waals surface area contributed by atoms with Crippen LogP contribution in [0.3, 0.4) is 0 Å². The zero-order valence-corrected chi connectivity index (χ0v) is 13.2. The van der Waals surface area contributed by atoms with Crippen LogP contribution in [0.1, 0.15) is 0 Å². The van der Waals surface area contributed by atoms with Gasteiger partial charge in [-0.2, -0.15) is 13.2 Å². The third-order valence-electron chi connectivity index (χ3n) is 3.84. The summed E-state index contributed by atoms with van der Waals surface area (Å²) < 4.78 is 68.2. The summed E-state index contributed by atoms with van der Waals surface area (Å²) in [5.74, 6) is -5.69. The lowest BCUT2D eigenvalue weighted by Crippen LogP contribution is -2.35. The molecule has 2 rings (SSSR count). The van der Waals surface area contributed by atoms with Gasteiger partial charge in [0, 0.05) is 13.1 Å². The van der Waals surface area contributed by atoms with Crippen molar-refractivity contribution in [2.75, 3.05) is 25.0 Å². The van der Waals surface area contributed by atoms with E-state index in [9.17, 15) is 31.5 Å². The lowest BCUT2D eigenvalue weighted by Gasteiger charge is -2.19. The van der Waals surface area contributed by atoms with Crippen LogP contribution in [-0.2, 0) is 4.79 Å². The number of alkyl halides is 5. The van der Waals surface area contributed by atoms with E-state index in [1.807, 2.05) is 0 Å². The van der Waals surface area contributed by atoms with Crippen LogP contribution in [0.2, 0.25) is 0 Å². The number of carboxylic acids is 1. The summed E-state index contributed by atoms with van der Waals surface area (Å²) in [6, 6.07) is 4.58. The molecule has 2 N–H and O–H groups in total. The smallest absolute Gasteiger partial charge is 0.394 e. The van der Waals surface area contributed by atoms with E-state index >= 15 is 0 Å². The third-order valence-corrected chi connectivity index (χ3v) is 3.84. The Hall–Kier alpha value is -2.59. The molecule has 2 amide bonds. The zero-order chi connectivity index (χ0) is 19.5. The number of nitrogens with one attached hydrogen (secondary N) is 1. The fourth-order valence-corrected chi connectivity index (χ4v) is 2.59. The van der Waals surface area contributed by atoms with Crippen molar-refractivity contribution >= 4 is 17.7 Å². The number of amides is 2. The average Bonchev–Trinajstić information content (AvgIpc) is 3.00. The molecule has 1 saturated heterocycles. The first-order chi connectivity index (χ1) is 12.1. The Bertz CT molecular complexity index is 668. The average molecular weight is 382 g/mol. The number of carbonyl (C=O) groups is 2.